The maximum absolute atomic E-state index is 14.1. The molecule has 0 spiro atoms. The summed E-state index contributed by atoms with van der Waals surface area (Å²) in [5.74, 6) is -0.764. The Kier molecular flexibility index (Phi) is 3.62. The van der Waals surface area contributed by atoms with Crippen LogP contribution in [0.5, 0.6) is 0 Å². The number of carboxylic acids is 1. The predicted molar refractivity (Wildman–Crippen MR) is 74.6 cm³/mol. The molecule has 3 nitrogen and oxygen atoms in total. The monoisotopic (exact) mass is 283 g/mol. The van der Waals surface area contributed by atoms with Gasteiger partial charge in [-0.1, -0.05) is 39.0 Å². The van der Waals surface area contributed by atoms with E-state index in [0.717, 1.165) is 0 Å². The summed E-state index contributed by atoms with van der Waals surface area (Å²) in [4.78, 5) is 10.4. The van der Waals surface area contributed by atoms with Crippen LogP contribution in [0.25, 0.3) is 0 Å². The van der Waals surface area contributed by atoms with E-state index in [0.29, 0.717) is 11.3 Å². The lowest BCUT2D eigenvalue weighted by Gasteiger charge is -2.42. The largest absolute Gasteiger partial charge is 0.480 e. The van der Waals surface area contributed by atoms with Gasteiger partial charge in [0.25, 0.3) is 0 Å². The summed E-state index contributed by atoms with van der Waals surface area (Å²) in [6.07, 6.45) is 0. The van der Waals surface area contributed by atoms with Crippen molar-refractivity contribution in [1.29, 1.82) is 0 Å². The maximum atomic E-state index is 14.1. The first-order valence-electron chi connectivity index (χ1n) is 6.17. The Morgan fingerprint density at radius 2 is 2.11 bits per heavy atom. The summed E-state index contributed by atoms with van der Waals surface area (Å²) < 4.78 is 14.1. The molecule has 1 aliphatic rings. The van der Waals surface area contributed by atoms with Crippen molar-refractivity contribution in [2.45, 2.75) is 31.7 Å². The van der Waals surface area contributed by atoms with Gasteiger partial charge in [-0.05, 0) is 11.5 Å². The average Bonchev–Trinajstić information content (AvgIpc) is 2.75. The fraction of sp³-hybridized carbons (Fsp3) is 0.500. The molecule has 0 aliphatic carbocycles. The highest BCUT2D eigenvalue weighted by Gasteiger charge is 2.52. The topological polar surface area (TPSA) is 49.3 Å². The number of rotatable bonds is 2. The van der Waals surface area contributed by atoms with Gasteiger partial charge in [-0.2, -0.15) is 0 Å². The third-order valence-electron chi connectivity index (χ3n) is 3.45. The molecule has 1 fully saturated rings. The van der Waals surface area contributed by atoms with Crippen molar-refractivity contribution >= 4 is 17.7 Å². The van der Waals surface area contributed by atoms with Crippen molar-refractivity contribution in [3.63, 3.8) is 0 Å². The van der Waals surface area contributed by atoms with Crippen molar-refractivity contribution in [3.05, 3.63) is 35.6 Å². The van der Waals surface area contributed by atoms with Crippen LogP contribution in [-0.2, 0) is 9.67 Å². The molecular formula is C14H18FNO2S. The first-order chi connectivity index (χ1) is 8.78. The number of aliphatic carboxylic acids is 1. The fourth-order valence-electron chi connectivity index (χ4n) is 2.41. The van der Waals surface area contributed by atoms with E-state index in [-0.39, 0.29) is 11.2 Å². The lowest BCUT2D eigenvalue weighted by molar-refractivity contribution is -0.139. The number of hydrogen-bond donors (Lipinski definition) is 2. The van der Waals surface area contributed by atoms with E-state index in [4.69, 9.17) is 5.11 Å². The van der Waals surface area contributed by atoms with Gasteiger partial charge in [-0.25, -0.2) is 4.39 Å². The van der Waals surface area contributed by atoms with Crippen LogP contribution < -0.4 is 5.32 Å². The highest BCUT2D eigenvalue weighted by atomic mass is 32.2. The summed E-state index contributed by atoms with van der Waals surface area (Å²) >= 11 is 1.47. The highest BCUT2D eigenvalue weighted by Crippen LogP contribution is 2.52. The molecule has 19 heavy (non-hydrogen) atoms. The quantitative estimate of drug-likeness (QED) is 0.876. The van der Waals surface area contributed by atoms with Crippen molar-refractivity contribution in [2.24, 2.45) is 5.41 Å². The molecule has 1 heterocycles. The van der Waals surface area contributed by atoms with Crippen molar-refractivity contribution in [3.8, 4) is 0 Å². The van der Waals surface area contributed by atoms with Crippen LogP contribution in [0.15, 0.2) is 24.3 Å². The van der Waals surface area contributed by atoms with Crippen molar-refractivity contribution in [2.75, 3.05) is 5.75 Å². The van der Waals surface area contributed by atoms with E-state index < -0.39 is 16.9 Å². The number of hydrogen-bond acceptors (Lipinski definition) is 3. The van der Waals surface area contributed by atoms with Gasteiger partial charge in [0.2, 0.25) is 0 Å². The molecule has 1 aliphatic heterocycles. The lowest BCUT2D eigenvalue weighted by Crippen LogP contribution is -2.51. The smallest absolute Gasteiger partial charge is 0.321 e. The Labute approximate surface area is 116 Å². The molecule has 2 rings (SSSR count). The lowest BCUT2D eigenvalue weighted by atomic mass is 9.81. The molecule has 0 saturated carbocycles. The minimum Gasteiger partial charge on any atom is -0.480 e. The molecule has 1 saturated heterocycles. The van der Waals surface area contributed by atoms with Crippen molar-refractivity contribution < 1.29 is 14.3 Å². The van der Waals surface area contributed by atoms with Crippen molar-refractivity contribution in [1.82, 2.24) is 5.32 Å². The second kappa shape index (κ2) is 4.80. The first-order valence-corrected chi connectivity index (χ1v) is 7.16. The Hall–Kier alpha value is -1.07. The zero-order valence-corrected chi connectivity index (χ0v) is 12.1. The minimum atomic E-state index is -0.894. The van der Waals surface area contributed by atoms with Crippen LogP contribution >= 0.6 is 11.8 Å². The number of carbonyl (C=O) groups is 1. The van der Waals surface area contributed by atoms with E-state index in [1.807, 2.05) is 20.8 Å². The number of carboxylic acid groups (broad SMARTS) is 1. The first kappa shape index (κ1) is 14.3. The van der Waals surface area contributed by atoms with Gasteiger partial charge in [0, 0.05) is 11.3 Å². The third kappa shape index (κ3) is 2.37. The standard InChI is InChI=1S/C14H18FNO2S/c1-13(2,3)14(9-6-4-5-7-10(9)15)16-11(8-19-14)12(17)18/h4-7,11,16H,8H2,1-3H3,(H,17,18)/t11-,14?/m0/s1. The Balaban J connectivity index is 2.50. The zero-order valence-electron chi connectivity index (χ0n) is 11.2. The van der Waals surface area contributed by atoms with Gasteiger partial charge >= 0.3 is 5.97 Å². The van der Waals surface area contributed by atoms with Crippen LogP contribution in [0.1, 0.15) is 26.3 Å². The molecule has 0 amide bonds. The molecule has 0 bridgehead atoms. The van der Waals surface area contributed by atoms with E-state index in [9.17, 15) is 9.18 Å². The summed E-state index contributed by atoms with van der Waals surface area (Å²) in [7, 11) is 0. The van der Waals surface area contributed by atoms with E-state index >= 15 is 0 Å². The molecule has 1 unspecified atom stereocenters. The van der Waals surface area contributed by atoms with Crippen LogP contribution in [0.4, 0.5) is 4.39 Å². The molecular weight excluding hydrogens is 265 g/mol. The number of nitrogens with one attached hydrogen (secondary N) is 1. The molecule has 104 valence electrons. The maximum Gasteiger partial charge on any atom is 0.321 e. The summed E-state index contributed by atoms with van der Waals surface area (Å²) in [6.45, 7) is 5.97. The second-order valence-corrected chi connectivity index (χ2v) is 6.99. The van der Waals surface area contributed by atoms with E-state index in [1.165, 1.54) is 17.8 Å². The molecule has 1 aromatic carbocycles. The SMILES string of the molecule is CC(C)(C)C1(c2ccccc2F)N[C@H](C(=O)O)CS1. The van der Waals surface area contributed by atoms with Crippen LogP contribution in [0.3, 0.4) is 0 Å². The average molecular weight is 283 g/mol. The summed E-state index contributed by atoms with van der Waals surface area (Å²) in [6, 6.07) is 5.92. The normalized spacial score (nSPS) is 27.5. The number of halogens is 1. The van der Waals surface area contributed by atoms with Gasteiger partial charge < -0.3 is 5.11 Å². The second-order valence-electron chi connectivity index (χ2n) is 5.76. The van der Waals surface area contributed by atoms with Gasteiger partial charge in [-0.15, -0.1) is 11.8 Å². The van der Waals surface area contributed by atoms with E-state index in [1.54, 1.807) is 18.2 Å². The molecule has 0 aromatic heterocycles. The van der Waals surface area contributed by atoms with Crippen LogP contribution in [0.2, 0.25) is 0 Å². The summed E-state index contributed by atoms with van der Waals surface area (Å²) in [5.41, 5.74) is 0.209. The zero-order chi connectivity index (χ0) is 14.3. The third-order valence-corrected chi connectivity index (χ3v) is 5.33. The Morgan fingerprint density at radius 3 is 2.58 bits per heavy atom. The Bertz CT molecular complexity index is 500. The van der Waals surface area contributed by atoms with Gasteiger partial charge in [-0.3, -0.25) is 10.1 Å². The van der Waals surface area contributed by atoms with Gasteiger partial charge in [0.05, 0.1) is 4.87 Å². The van der Waals surface area contributed by atoms with E-state index in [2.05, 4.69) is 5.32 Å². The molecule has 5 heteroatoms. The fourth-order valence-corrected chi connectivity index (χ4v) is 4.03. The molecule has 0 radical (unpaired) electrons. The number of benzene rings is 1. The molecule has 2 atom stereocenters. The van der Waals surface area contributed by atoms with Crippen LogP contribution in [-0.4, -0.2) is 22.9 Å². The molecule has 2 N–H and O–H groups in total. The Morgan fingerprint density at radius 1 is 1.47 bits per heavy atom. The highest BCUT2D eigenvalue weighted by molar-refractivity contribution is 8.00. The van der Waals surface area contributed by atoms with Crippen LogP contribution in [0, 0.1) is 11.2 Å². The van der Waals surface area contributed by atoms with Gasteiger partial charge in [0.1, 0.15) is 11.9 Å². The number of thioether (sulfide) groups is 1. The summed E-state index contributed by atoms with van der Waals surface area (Å²) in [5, 5.41) is 12.3. The molecule has 1 aromatic rings. The minimum absolute atomic E-state index is 0.302. The van der Waals surface area contributed by atoms with Gasteiger partial charge in [0.15, 0.2) is 0 Å². The predicted octanol–water partition coefficient (Wildman–Crippen LogP) is 2.81.